The average Bonchev–Trinajstić information content (AvgIpc) is 2.74. The van der Waals surface area contributed by atoms with Gasteiger partial charge in [-0.1, -0.05) is 46.2 Å². The molecule has 2 aliphatic heterocycles. The van der Waals surface area contributed by atoms with Crippen molar-refractivity contribution in [1.82, 2.24) is 10.2 Å². The second-order valence-corrected chi connectivity index (χ2v) is 9.35. The van der Waals surface area contributed by atoms with E-state index in [-0.39, 0.29) is 5.91 Å². The Morgan fingerprint density at radius 2 is 2.03 bits per heavy atom. The van der Waals surface area contributed by atoms with Crippen LogP contribution < -0.4 is 5.32 Å². The van der Waals surface area contributed by atoms with Crippen molar-refractivity contribution in [2.45, 2.75) is 25.2 Å². The minimum atomic E-state index is -0.0610. The van der Waals surface area contributed by atoms with E-state index in [0.717, 1.165) is 40.3 Å². The second-order valence-electron chi connectivity index (χ2n) is 6.96. The number of carbonyl (C=O) groups is 1. The van der Waals surface area contributed by atoms with Gasteiger partial charge in [-0.2, -0.15) is 0 Å². The smallest absolute Gasteiger partial charge is 0.251 e. The van der Waals surface area contributed by atoms with Crippen molar-refractivity contribution in [3.05, 3.63) is 63.1 Å². The number of halogens is 2. The van der Waals surface area contributed by atoms with Gasteiger partial charge in [0.1, 0.15) is 5.84 Å². The molecule has 0 saturated carbocycles. The molecule has 1 amide bonds. The number of thioether (sulfide) groups is 1. The van der Waals surface area contributed by atoms with Crippen LogP contribution in [0.25, 0.3) is 0 Å². The maximum atomic E-state index is 11.2. The third-order valence-corrected chi connectivity index (χ3v) is 6.57. The van der Waals surface area contributed by atoms with Crippen molar-refractivity contribution >= 4 is 56.2 Å². The molecule has 2 aliphatic rings. The molecule has 0 fully saturated rings. The topological polar surface area (TPSA) is 68.6 Å². The van der Waals surface area contributed by atoms with Crippen LogP contribution in [-0.4, -0.2) is 41.4 Å². The lowest BCUT2D eigenvalue weighted by atomic mass is 10.0. The largest absolute Gasteiger partial charge is 0.352 e. The highest BCUT2D eigenvalue weighted by molar-refractivity contribution is 9.10. The van der Waals surface area contributed by atoms with Gasteiger partial charge in [-0.25, -0.2) is 0 Å². The third-order valence-electron chi connectivity index (χ3n) is 4.85. The Balaban J connectivity index is 0.000000187. The molecule has 0 aliphatic carbocycles. The number of benzene rings is 2. The predicted octanol–water partition coefficient (Wildman–Crippen LogP) is 5.67. The molecule has 2 aromatic carbocycles. The van der Waals surface area contributed by atoms with Gasteiger partial charge >= 0.3 is 0 Å². The van der Waals surface area contributed by atoms with E-state index in [2.05, 4.69) is 45.2 Å². The lowest BCUT2D eigenvalue weighted by Crippen LogP contribution is -2.45. The first-order valence-electron chi connectivity index (χ1n) is 9.85. The summed E-state index contributed by atoms with van der Waals surface area (Å²) in [5.74, 6) is 1.49. The molecule has 8 heteroatoms. The number of aliphatic imine (C=N–C) groups is 1. The predicted molar refractivity (Wildman–Crippen MR) is 129 cm³/mol. The number of nitrogens with zero attached hydrogens (tertiary/aromatic N) is 2. The lowest BCUT2D eigenvalue weighted by Gasteiger charge is -2.37. The molecule has 0 aromatic heterocycles. The minimum Gasteiger partial charge on any atom is -0.352 e. The quantitative estimate of drug-likeness (QED) is 0.562. The van der Waals surface area contributed by atoms with Gasteiger partial charge in [0.15, 0.2) is 5.17 Å². The number of hydrogen-bond acceptors (Lipinski definition) is 4. The molecule has 0 bridgehead atoms. The van der Waals surface area contributed by atoms with Crippen LogP contribution in [0.1, 0.15) is 36.2 Å². The van der Waals surface area contributed by atoms with Crippen LogP contribution in [0.5, 0.6) is 0 Å². The summed E-state index contributed by atoms with van der Waals surface area (Å²) < 4.78 is 1.05. The number of nitrogens with one attached hydrogen (secondary N) is 2. The summed E-state index contributed by atoms with van der Waals surface area (Å²) in [6.07, 6.45) is 1.12. The van der Waals surface area contributed by atoms with Gasteiger partial charge in [0.25, 0.3) is 5.91 Å². The van der Waals surface area contributed by atoms with Crippen molar-refractivity contribution in [2.24, 2.45) is 10.9 Å². The van der Waals surface area contributed by atoms with Crippen LogP contribution in [0.15, 0.2) is 56.8 Å². The van der Waals surface area contributed by atoms with Crippen molar-refractivity contribution in [1.29, 1.82) is 5.41 Å². The van der Waals surface area contributed by atoms with Gasteiger partial charge in [0.2, 0.25) is 0 Å². The van der Waals surface area contributed by atoms with Crippen LogP contribution in [0, 0.1) is 11.3 Å². The first-order chi connectivity index (χ1) is 14.4. The van der Waals surface area contributed by atoms with Gasteiger partial charge < -0.3 is 10.2 Å². The number of amides is 1. The molecule has 2 aromatic rings. The normalized spacial score (nSPS) is 17.2. The summed E-state index contributed by atoms with van der Waals surface area (Å²) >= 11 is 10.7. The molecule has 1 atom stereocenters. The van der Waals surface area contributed by atoms with E-state index in [9.17, 15) is 4.79 Å². The molecule has 4 rings (SSSR count). The van der Waals surface area contributed by atoms with Crippen LogP contribution >= 0.6 is 39.3 Å². The zero-order valence-corrected chi connectivity index (χ0v) is 20.1. The molecule has 2 N–H and O–H groups in total. The van der Waals surface area contributed by atoms with E-state index in [4.69, 9.17) is 22.0 Å². The van der Waals surface area contributed by atoms with Gasteiger partial charge in [0.05, 0.1) is 0 Å². The van der Waals surface area contributed by atoms with Gasteiger partial charge in [0, 0.05) is 45.2 Å². The molecule has 0 saturated heterocycles. The molecule has 5 nitrogen and oxygen atoms in total. The Kier molecular flexibility index (Phi) is 7.97. The van der Waals surface area contributed by atoms with Crippen LogP contribution in [0.4, 0.5) is 0 Å². The minimum absolute atomic E-state index is 0.0610. The zero-order chi connectivity index (χ0) is 21.7. The molecular formula is C22H24BrClN4OS. The molecule has 1 unspecified atom stereocenters. The van der Waals surface area contributed by atoms with Crippen molar-refractivity contribution in [2.75, 3.05) is 19.6 Å². The van der Waals surface area contributed by atoms with E-state index in [0.29, 0.717) is 28.2 Å². The van der Waals surface area contributed by atoms with Crippen LogP contribution in [0.2, 0.25) is 5.02 Å². The summed E-state index contributed by atoms with van der Waals surface area (Å²) in [6.45, 7) is 6.53. The average molecular weight is 508 g/mol. The first kappa shape index (κ1) is 22.8. The zero-order valence-electron chi connectivity index (χ0n) is 16.9. The summed E-state index contributed by atoms with van der Waals surface area (Å²) in [7, 11) is 0. The molecule has 0 radical (unpaired) electrons. The van der Waals surface area contributed by atoms with E-state index < -0.39 is 0 Å². The highest BCUT2D eigenvalue weighted by Crippen LogP contribution is 2.36. The molecule has 158 valence electrons. The van der Waals surface area contributed by atoms with Gasteiger partial charge in [-0.05, 0) is 61.7 Å². The van der Waals surface area contributed by atoms with Gasteiger partial charge in [-0.15, -0.1) is 0 Å². The Morgan fingerprint density at radius 3 is 2.70 bits per heavy atom. The van der Waals surface area contributed by atoms with Gasteiger partial charge in [-0.3, -0.25) is 15.2 Å². The van der Waals surface area contributed by atoms with Crippen molar-refractivity contribution in [3.63, 3.8) is 0 Å². The number of rotatable bonds is 3. The second kappa shape index (κ2) is 10.5. The monoisotopic (exact) mass is 506 g/mol. The summed E-state index contributed by atoms with van der Waals surface area (Å²) in [5, 5.41) is 12.1. The van der Waals surface area contributed by atoms with E-state index >= 15 is 0 Å². The Labute approximate surface area is 194 Å². The van der Waals surface area contributed by atoms with E-state index in [1.807, 2.05) is 13.0 Å². The SMILES string of the molecule is CCC1CN=C2c3ccc(Br)cc3SC(=N)N2C1.CCNC(=O)c1ccc(Cl)cc1. The van der Waals surface area contributed by atoms with E-state index in [1.54, 1.807) is 24.3 Å². The number of carbonyl (C=O) groups excluding carboxylic acids is 1. The third kappa shape index (κ3) is 5.45. The molecule has 30 heavy (non-hydrogen) atoms. The Morgan fingerprint density at radius 1 is 1.30 bits per heavy atom. The summed E-state index contributed by atoms with van der Waals surface area (Å²) in [4.78, 5) is 19.1. The Bertz CT molecular complexity index is 964. The number of fused-ring (bicyclic) bond motifs is 3. The summed E-state index contributed by atoms with van der Waals surface area (Å²) in [5.41, 5.74) is 1.80. The highest BCUT2D eigenvalue weighted by Gasteiger charge is 2.31. The van der Waals surface area contributed by atoms with Crippen molar-refractivity contribution < 1.29 is 4.79 Å². The molecule has 2 heterocycles. The van der Waals surface area contributed by atoms with E-state index in [1.165, 1.54) is 11.8 Å². The van der Waals surface area contributed by atoms with Crippen molar-refractivity contribution in [3.8, 4) is 0 Å². The number of amidine groups is 2. The number of hydrogen-bond donors (Lipinski definition) is 2. The van der Waals surface area contributed by atoms with Crippen LogP contribution in [-0.2, 0) is 0 Å². The standard InChI is InChI=1S/C13H14BrN3S.C9H10ClNO/c1-2-8-6-16-12-10-4-3-9(14)5-11(10)18-13(15)17(12)7-8;1-2-11-9(12)7-3-5-8(10)6-4-7/h3-5,8,15H,2,6-7H2,1H3;3-6H,2H2,1H3,(H,11,12). The Hall–Kier alpha value is -1.83. The maximum absolute atomic E-state index is 11.2. The fraction of sp³-hybridized carbons (Fsp3) is 0.318. The fourth-order valence-electron chi connectivity index (χ4n) is 3.16. The fourth-order valence-corrected chi connectivity index (χ4v) is 4.73. The highest BCUT2D eigenvalue weighted by atomic mass is 79.9. The molecule has 0 spiro atoms. The van der Waals surface area contributed by atoms with Crippen LogP contribution in [0.3, 0.4) is 0 Å². The maximum Gasteiger partial charge on any atom is 0.251 e. The first-order valence-corrected chi connectivity index (χ1v) is 11.8. The summed E-state index contributed by atoms with van der Waals surface area (Å²) in [6, 6.07) is 13.0. The lowest BCUT2D eigenvalue weighted by molar-refractivity contribution is 0.0956. The molecular weight excluding hydrogens is 484 g/mol.